The first kappa shape index (κ1) is 19.6. The van der Waals surface area contributed by atoms with Gasteiger partial charge in [-0.3, -0.25) is 0 Å². The van der Waals surface area contributed by atoms with Crippen molar-refractivity contribution in [2.45, 2.75) is 6.04 Å². The molecule has 0 fully saturated rings. The van der Waals surface area contributed by atoms with E-state index in [-0.39, 0.29) is 0 Å². The summed E-state index contributed by atoms with van der Waals surface area (Å²) in [5.74, 6) is 0. The number of rotatable bonds is 3. The summed E-state index contributed by atoms with van der Waals surface area (Å²) < 4.78 is 3.10. The van der Waals surface area contributed by atoms with Crippen molar-refractivity contribution >= 4 is 46.6 Å². The molecule has 0 bridgehead atoms. The number of nitrogens with zero attached hydrogens (tertiary/aromatic N) is 2. The fourth-order valence-corrected chi connectivity index (χ4v) is 7.65. The molecule has 0 saturated carbocycles. The molecule has 1 unspecified atom stereocenters. The maximum absolute atomic E-state index is 2.49. The summed E-state index contributed by atoms with van der Waals surface area (Å²) in [6.45, 7) is 0. The van der Waals surface area contributed by atoms with Crippen LogP contribution in [0, 0.1) is 0 Å². The van der Waals surface area contributed by atoms with Crippen molar-refractivity contribution in [2.24, 2.45) is 0 Å². The van der Waals surface area contributed by atoms with Gasteiger partial charge in [-0.2, -0.15) is 0 Å². The summed E-state index contributed by atoms with van der Waals surface area (Å²) in [5, 5.41) is 2.63. The van der Waals surface area contributed by atoms with Crippen molar-refractivity contribution < 1.29 is 0 Å². The van der Waals surface area contributed by atoms with Crippen molar-refractivity contribution in [1.82, 2.24) is 4.90 Å². The molecule has 30 heavy (non-hydrogen) atoms. The Morgan fingerprint density at radius 1 is 0.833 bits per heavy atom. The van der Waals surface area contributed by atoms with Gasteiger partial charge < -0.3 is 0 Å². The van der Waals surface area contributed by atoms with E-state index in [1.165, 1.54) is 42.3 Å². The fourth-order valence-electron chi connectivity index (χ4n) is 4.27. The Balaban J connectivity index is 1.80. The molecule has 1 aliphatic heterocycles. The second-order valence-electron chi connectivity index (χ2n) is 8.34. The minimum absolute atomic E-state index is 0.376. The van der Waals surface area contributed by atoms with Gasteiger partial charge >= 0.3 is 190 Å². The Bertz CT molecular complexity index is 1230. The number of allylic oxidation sites excluding steroid dienone is 3. The van der Waals surface area contributed by atoms with Gasteiger partial charge in [0.2, 0.25) is 0 Å². The number of hydrogen-bond donors (Lipinski definition) is 0. The first-order valence-corrected chi connectivity index (χ1v) is 12.6. The van der Waals surface area contributed by atoms with Crippen molar-refractivity contribution in [1.29, 1.82) is 0 Å². The Morgan fingerprint density at radius 2 is 1.63 bits per heavy atom. The van der Waals surface area contributed by atoms with E-state index in [2.05, 4.69) is 117 Å². The van der Waals surface area contributed by atoms with Crippen LogP contribution in [0.25, 0.3) is 16.3 Å². The molecular weight excluding hydrogens is 480 g/mol. The van der Waals surface area contributed by atoms with Gasteiger partial charge in [-0.05, 0) is 0 Å². The third-order valence-electron chi connectivity index (χ3n) is 5.94. The van der Waals surface area contributed by atoms with Crippen LogP contribution in [0.3, 0.4) is 0 Å². The molecule has 0 amide bonds. The van der Waals surface area contributed by atoms with Crippen LogP contribution in [0.15, 0.2) is 88.1 Å². The summed E-state index contributed by atoms with van der Waals surface area (Å²) in [7, 11) is 8.58. The second-order valence-corrected chi connectivity index (χ2v) is 11.4. The third-order valence-corrected chi connectivity index (χ3v) is 9.18. The third kappa shape index (κ3) is 3.32. The Hall–Kier alpha value is -2.31. The molecule has 2 aliphatic rings. The molecule has 5 rings (SSSR count). The first-order valence-electron chi connectivity index (χ1n) is 10.3. The van der Waals surface area contributed by atoms with Crippen LogP contribution >= 0.6 is 0 Å². The Morgan fingerprint density at radius 3 is 2.43 bits per heavy atom. The number of anilines is 1. The fraction of sp³-hybridized carbons (Fsp3) is 0.185. The van der Waals surface area contributed by atoms with E-state index >= 15 is 0 Å². The summed E-state index contributed by atoms with van der Waals surface area (Å²) >= 11 is -0.445. The number of fused-ring (bicyclic) bond motifs is 3. The van der Waals surface area contributed by atoms with Gasteiger partial charge in [0.05, 0.1) is 0 Å². The normalized spacial score (nSPS) is 17.8. The second kappa shape index (κ2) is 7.74. The number of hydrogen-bond acceptors (Lipinski definition) is 2. The van der Waals surface area contributed by atoms with Gasteiger partial charge in [0, 0.05) is 0 Å². The molecule has 3 aromatic rings. The summed E-state index contributed by atoms with van der Waals surface area (Å²) in [6.07, 6.45) is 7.22. The number of likely N-dealkylation sites (N-methyl/N-ethyl adjacent to an activating group) is 1. The molecule has 1 aliphatic carbocycles. The van der Waals surface area contributed by atoms with Crippen LogP contribution in [0.2, 0.25) is 0 Å². The van der Waals surface area contributed by atoms with Crippen molar-refractivity contribution in [2.75, 3.05) is 33.1 Å². The zero-order chi connectivity index (χ0) is 20.8. The monoisotopic (exact) mass is 508 g/mol. The van der Waals surface area contributed by atoms with E-state index in [4.69, 9.17) is 0 Å². The van der Waals surface area contributed by atoms with Gasteiger partial charge in [-0.1, -0.05) is 0 Å². The minimum atomic E-state index is -0.445. The molecule has 3 heteroatoms. The van der Waals surface area contributed by atoms with E-state index in [1.807, 2.05) is 0 Å². The van der Waals surface area contributed by atoms with Crippen LogP contribution in [0.1, 0.15) is 11.1 Å². The standard InChI is InChI=1S/C27H26N2Te/c1-28(2)19-12-14-23-25(16-19)30-26-17-20(29(3)4)13-15-24(26)27(23)22-11-7-9-18-8-5-6-10-21(18)22/h5-17,19H,1-4H3. The van der Waals surface area contributed by atoms with Gasteiger partial charge in [-0.15, -0.1) is 0 Å². The van der Waals surface area contributed by atoms with Gasteiger partial charge in [0.15, 0.2) is 0 Å². The number of benzene rings is 3. The molecule has 0 aromatic heterocycles. The van der Waals surface area contributed by atoms with E-state index in [0.717, 1.165) is 0 Å². The summed E-state index contributed by atoms with van der Waals surface area (Å²) in [4.78, 5) is 4.50. The van der Waals surface area contributed by atoms with E-state index in [0.29, 0.717) is 6.04 Å². The van der Waals surface area contributed by atoms with Gasteiger partial charge in [0.1, 0.15) is 0 Å². The zero-order valence-corrected chi connectivity index (χ0v) is 20.2. The maximum atomic E-state index is 2.49. The van der Waals surface area contributed by atoms with E-state index < -0.39 is 20.9 Å². The summed E-state index contributed by atoms with van der Waals surface area (Å²) in [6, 6.07) is 22.9. The zero-order valence-electron chi connectivity index (χ0n) is 17.9. The Labute approximate surface area is 189 Å². The Kier molecular flexibility index (Phi) is 5.07. The molecule has 0 radical (unpaired) electrons. The molecule has 1 heterocycles. The molecule has 2 nitrogen and oxygen atoms in total. The topological polar surface area (TPSA) is 6.48 Å². The molecule has 0 spiro atoms. The predicted molar refractivity (Wildman–Crippen MR) is 131 cm³/mol. The van der Waals surface area contributed by atoms with Crippen LogP contribution < -0.4 is 8.51 Å². The molecule has 0 N–H and O–H groups in total. The van der Waals surface area contributed by atoms with Crippen molar-refractivity contribution in [3.8, 4) is 0 Å². The van der Waals surface area contributed by atoms with Gasteiger partial charge in [-0.25, -0.2) is 0 Å². The molecule has 150 valence electrons. The predicted octanol–water partition coefficient (Wildman–Crippen LogP) is 4.43. The van der Waals surface area contributed by atoms with E-state index in [1.54, 1.807) is 3.62 Å². The van der Waals surface area contributed by atoms with Crippen molar-refractivity contribution in [3.63, 3.8) is 0 Å². The molecule has 0 saturated heterocycles. The average Bonchev–Trinajstić information content (AvgIpc) is 2.76. The molecule has 1 atom stereocenters. The van der Waals surface area contributed by atoms with Crippen LogP contribution in [0.5, 0.6) is 0 Å². The van der Waals surface area contributed by atoms with Crippen molar-refractivity contribution in [3.05, 3.63) is 99.2 Å². The SMILES string of the molecule is CN(C)c1ccc2c(c1)[Te]C1=CC(N(C)C)C=CC1=C2c1cccc2ccccc12. The van der Waals surface area contributed by atoms with Crippen LogP contribution in [-0.2, 0) is 0 Å². The van der Waals surface area contributed by atoms with E-state index in [9.17, 15) is 0 Å². The quantitative estimate of drug-likeness (QED) is 0.486. The molecular formula is C27H26N2Te. The first-order chi connectivity index (χ1) is 14.5. The molecule has 3 aromatic carbocycles. The van der Waals surface area contributed by atoms with Crippen LogP contribution in [0.4, 0.5) is 5.69 Å². The average molecular weight is 506 g/mol. The van der Waals surface area contributed by atoms with Crippen LogP contribution in [-0.4, -0.2) is 60.1 Å². The van der Waals surface area contributed by atoms with Gasteiger partial charge in [0.25, 0.3) is 0 Å². The summed E-state index contributed by atoms with van der Waals surface area (Å²) in [5.41, 5.74) is 6.86.